The van der Waals surface area contributed by atoms with E-state index < -0.39 is 12.0 Å². The number of carbonyl (C=O) groups is 3. The molecule has 1 aliphatic heterocycles. The zero-order valence-electron chi connectivity index (χ0n) is 13.2. The number of nitrogens with zero attached hydrogens (tertiary/aromatic N) is 1. The smallest absolute Gasteiger partial charge is 0.330 e. The van der Waals surface area contributed by atoms with Crippen LogP contribution in [0.5, 0.6) is 0 Å². The predicted octanol–water partition coefficient (Wildman–Crippen LogP) is 2.29. The van der Waals surface area contributed by atoms with Crippen molar-refractivity contribution in [2.24, 2.45) is 5.41 Å². The van der Waals surface area contributed by atoms with Crippen molar-refractivity contribution in [3.8, 4) is 0 Å². The molecule has 0 aliphatic carbocycles. The van der Waals surface area contributed by atoms with Gasteiger partial charge in [-0.2, -0.15) is 0 Å². The molecular formula is C17H21NO4. The van der Waals surface area contributed by atoms with Crippen molar-refractivity contribution in [2.75, 3.05) is 0 Å². The number of ether oxygens (including phenoxy) is 1. The Morgan fingerprint density at radius 2 is 1.86 bits per heavy atom. The maximum Gasteiger partial charge on any atom is 0.330 e. The fraction of sp³-hybridized carbons (Fsp3) is 0.471. The first kappa shape index (κ1) is 16.2. The molecule has 5 nitrogen and oxygen atoms in total. The number of amides is 2. The summed E-state index contributed by atoms with van der Waals surface area (Å²) in [6.07, 6.45) is 0.269. The highest BCUT2D eigenvalue weighted by molar-refractivity contribution is 6.06. The van der Waals surface area contributed by atoms with Gasteiger partial charge in [0.2, 0.25) is 11.8 Å². The van der Waals surface area contributed by atoms with E-state index in [1.54, 1.807) is 0 Å². The summed E-state index contributed by atoms with van der Waals surface area (Å²) in [6.45, 7) is 5.89. The third kappa shape index (κ3) is 3.93. The first-order valence-corrected chi connectivity index (χ1v) is 7.33. The number of likely N-dealkylation sites (tertiary alicyclic amines) is 1. The lowest BCUT2D eigenvalue weighted by molar-refractivity contribution is -0.173. The molecule has 0 spiro atoms. The number of imide groups is 1. The van der Waals surface area contributed by atoms with Crippen LogP contribution in [-0.2, 0) is 25.7 Å². The zero-order valence-corrected chi connectivity index (χ0v) is 13.2. The molecular weight excluding hydrogens is 282 g/mol. The Balaban J connectivity index is 1.92. The highest BCUT2D eigenvalue weighted by atomic mass is 16.5. The van der Waals surface area contributed by atoms with Crippen molar-refractivity contribution in [2.45, 2.75) is 46.3 Å². The average molecular weight is 303 g/mol. The quantitative estimate of drug-likeness (QED) is 0.632. The Hall–Kier alpha value is -2.17. The molecule has 1 saturated heterocycles. The Kier molecular flexibility index (Phi) is 4.64. The van der Waals surface area contributed by atoms with Crippen molar-refractivity contribution in [1.82, 2.24) is 4.90 Å². The van der Waals surface area contributed by atoms with E-state index in [0.717, 1.165) is 10.5 Å². The molecule has 1 atom stereocenters. The minimum absolute atomic E-state index is 0.0451. The number of benzene rings is 1. The molecule has 0 bridgehead atoms. The van der Waals surface area contributed by atoms with E-state index in [-0.39, 0.29) is 36.7 Å². The van der Waals surface area contributed by atoms with Gasteiger partial charge in [-0.05, 0) is 11.0 Å². The maximum atomic E-state index is 12.1. The second-order valence-electron chi connectivity index (χ2n) is 6.71. The van der Waals surface area contributed by atoms with E-state index in [1.165, 1.54) is 0 Å². The molecule has 22 heavy (non-hydrogen) atoms. The summed E-state index contributed by atoms with van der Waals surface area (Å²) in [5.41, 5.74) is 0.639. The van der Waals surface area contributed by atoms with E-state index in [2.05, 4.69) is 0 Å². The van der Waals surface area contributed by atoms with Gasteiger partial charge < -0.3 is 4.74 Å². The van der Waals surface area contributed by atoms with Crippen LogP contribution in [0.2, 0.25) is 0 Å². The summed E-state index contributed by atoms with van der Waals surface area (Å²) in [4.78, 5) is 36.9. The molecule has 5 heteroatoms. The number of hydrogen-bond acceptors (Lipinski definition) is 4. The van der Waals surface area contributed by atoms with Crippen LogP contribution >= 0.6 is 0 Å². The molecule has 1 aromatic carbocycles. The van der Waals surface area contributed by atoms with E-state index in [9.17, 15) is 14.4 Å². The molecule has 0 N–H and O–H groups in total. The van der Waals surface area contributed by atoms with Crippen molar-refractivity contribution >= 4 is 17.8 Å². The summed E-state index contributed by atoms with van der Waals surface area (Å²) >= 11 is 0. The molecule has 2 amide bonds. The lowest BCUT2D eigenvalue weighted by atomic mass is 9.90. The number of rotatable bonds is 4. The fourth-order valence-corrected chi connectivity index (χ4v) is 2.28. The molecule has 1 fully saturated rings. The summed E-state index contributed by atoms with van der Waals surface area (Å²) in [6, 6.07) is 8.52. The van der Waals surface area contributed by atoms with Gasteiger partial charge in [-0.25, -0.2) is 4.79 Å². The lowest BCUT2D eigenvalue weighted by Crippen LogP contribution is -2.60. The van der Waals surface area contributed by atoms with Crippen LogP contribution in [0.1, 0.15) is 39.2 Å². The monoisotopic (exact) mass is 303 g/mol. The molecule has 0 aromatic heterocycles. The number of β-lactam (4-membered cyclic amide) rings is 1. The highest BCUT2D eigenvalue weighted by Gasteiger charge is 2.46. The minimum Gasteiger partial charge on any atom is -0.459 e. The Bertz CT molecular complexity index is 574. The topological polar surface area (TPSA) is 63.7 Å². The number of carbonyl (C=O) groups excluding carboxylic acids is 3. The summed E-state index contributed by atoms with van der Waals surface area (Å²) in [7, 11) is 0. The van der Waals surface area contributed by atoms with Crippen LogP contribution in [0.3, 0.4) is 0 Å². The number of esters is 1. The van der Waals surface area contributed by atoms with Crippen LogP contribution in [0, 0.1) is 5.41 Å². The van der Waals surface area contributed by atoms with Gasteiger partial charge in [-0.3, -0.25) is 14.5 Å². The molecule has 0 radical (unpaired) electrons. The van der Waals surface area contributed by atoms with Crippen molar-refractivity contribution in [3.05, 3.63) is 35.9 Å². The van der Waals surface area contributed by atoms with Crippen molar-refractivity contribution in [1.29, 1.82) is 0 Å². The molecule has 1 unspecified atom stereocenters. The normalized spacial score (nSPS) is 17.9. The molecule has 1 heterocycles. The Morgan fingerprint density at radius 3 is 2.41 bits per heavy atom. The van der Waals surface area contributed by atoms with E-state index in [0.29, 0.717) is 0 Å². The van der Waals surface area contributed by atoms with Crippen LogP contribution < -0.4 is 0 Å². The van der Waals surface area contributed by atoms with Gasteiger partial charge in [0, 0.05) is 6.42 Å². The molecule has 2 rings (SSSR count). The first-order chi connectivity index (χ1) is 10.3. The van der Waals surface area contributed by atoms with Gasteiger partial charge in [0.05, 0.1) is 6.42 Å². The SMILES string of the molecule is CC(C)(C)CC(=O)N1C(=O)CC1C(=O)OCc1ccccc1. The van der Waals surface area contributed by atoms with Gasteiger partial charge >= 0.3 is 5.97 Å². The van der Waals surface area contributed by atoms with E-state index in [4.69, 9.17) is 4.74 Å². The Morgan fingerprint density at radius 1 is 1.23 bits per heavy atom. The zero-order chi connectivity index (χ0) is 16.3. The maximum absolute atomic E-state index is 12.1. The summed E-state index contributed by atoms with van der Waals surface area (Å²) in [5, 5.41) is 0. The summed E-state index contributed by atoms with van der Waals surface area (Å²) < 4.78 is 5.21. The molecule has 0 saturated carbocycles. The van der Waals surface area contributed by atoms with Crippen molar-refractivity contribution < 1.29 is 19.1 Å². The van der Waals surface area contributed by atoms with E-state index in [1.807, 2.05) is 51.1 Å². The first-order valence-electron chi connectivity index (χ1n) is 7.33. The van der Waals surface area contributed by atoms with Crippen LogP contribution in [0.15, 0.2) is 30.3 Å². The highest BCUT2D eigenvalue weighted by Crippen LogP contribution is 2.27. The molecule has 1 aromatic rings. The third-order valence-electron chi connectivity index (χ3n) is 3.39. The largest absolute Gasteiger partial charge is 0.459 e. The van der Waals surface area contributed by atoms with E-state index >= 15 is 0 Å². The average Bonchev–Trinajstić information content (AvgIpc) is 2.41. The standard InChI is InChI=1S/C17H21NO4/c1-17(2,3)10-15(20)18-13(9-14(18)19)16(21)22-11-12-7-5-4-6-8-12/h4-8,13H,9-11H2,1-3H3. The lowest BCUT2D eigenvalue weighted by Gasteiger charge is -2.38. The molecule has 118 valence electrons. The second-order valence-corrected chi connectivity index (χ2v) is 6.71. The third-order valence-corrected chi connectivity index (χ3v) is 3.39. The van der Waals surface area contributed by atoms with Gasteiger partial charge in [-0.15, -0.1) is 0 Å². The van der Waals surface area contributed by atoms with Gasteiger partial charge in [0.15, 0.2) is 0 Å². The Labute approximate surface area is 130 Å². The van der Waals surface area contributed by atoms with Crippen LogP contribution in [0.25, 0.3) is 0 Å². The minimum atomic E-state index is -0.772. The molecule has 1 aliphatic rings. The number of hydrogen-bond donors (Lipinski definition) is 0. The van der Waals surface area contributed by atoms with Crippen LogP contribution in [-0.4, -0.2) is 28.7 Å². The van der Waals surface area contributed by atoms with Crippen LogP contribution in [0.4, 0.5) is 0 Å². The second kappa shape index (κ2) is 6.30. The fourth-order valence-electron chi connectivity index (χ4n) is 2.28. The van der Waals surface area contributed by atoms with Gasteiger partial charge in [0.25, 0.3) is 0 Å². The van der Waals surface area contributed by atoms with Crippen molar-refractivity contribution in [3.63, 3.8) is 0 Å². The van der Waals surface area contributed by atoms with Gasteiger partial charge in [0.1, 0.15) is 12.6 Å². The predicted molar refractivity (Wildman–Crippen MR) is 80.6 cm³/mol. The summed E-state index contributed by atoms with van der Waals surface area (Å²) in [5.74, 6) is -1.15. The van der Waals surface area contributed by atoms with Gasteiger partial charge in [-0.1, -0.05) is 51.1 Å².